The fourth-order valence-electron chi connectivity index (χ4n) is 2.37. The van der Waals surface area contributed by atoms with Crippen LogP contribution in [0, 0.1) is 19.9 Å². The van der Waals surface area contributed by atoms with E-state index in [1.807, 2.05) is 24.3 Å². The average molecular weight is 482 g/mol. The Morgan fingerprint density at radius 1 is 1.22 bits per heavy atom. The third kappa shape index (κ3) is 4.86. The molecule has 1 radical (unpaired) electrons. The largest absolute Gasteiger partial charge is 0.484 e. The maximum Gasteiger partial charge on any atom is 0.311 e. The Bertz CT molecular complexity index is 970. The van der Waals surface area contributed by atoms with Crippen LogP contribution >= 0.6 is 22.6 Å². The van der Waals surface area contributed by atoms with Crippen molar-refractivity contribution < 1.29 is 18.8 Å². The van der Waals surface area contributed by atoms with E-state index in [-0.39, 0.29) is 31.3 Å². The van der Waals surface area contributed by atoms with Gasteiger partial charge >= 0.3 is 5.69 Å². The van der Waals surface area contributed by atoms with Gasteiger partial charge in [-0.15, -0.1) is 0 Å². The van der Waals surface area contributed by atoms with E-state index in [0.717, 1.165) is 9.13 Å². The first-order valence-corrected chi connectivity index (χ1v) is 9.06. The Morgan fingerprint density at radius 2 is 2.07 bits per heavy atom. The minimum absolute atomic E-state index is 0.0371. The minimum Gasteiger partial charge on any atom is -0.484 e. The van der Waals surface area contributed by atoms with Crippen LogP contribution in [0.4, 0.5) is 10.1 Å². The molecule has 0 saturated carbocycles. The number of hydrogen-bond donors (Lipinski definition) is 0. The molecule has 0 atom stereocenters. The quantitative estimate of drug-likeness (QED) is 0.209. The molecule has 0 spiro atoms. The van der Waals surface area contributed by atoms with Crippen molar-refractivity contribution in [1.29, 1.82) is 0 Å². The van der Waals surface area contributed by atoms with Gasteiger partial charge in [-0.25, -0.2) is 14.4 Å². The van der Waals surface area contributed by atoms with Crippen molar-refractivity contribution in [3.63, 3.8) is 0 Å². The van der Waals surface area contributed by atoms with Crippen molar-refractivity contribution in [2.24, 2.45) is 0 Å². The number of nitro groups is 1. The Hall–Kier alpha value is -2.40. The van der Waals surface area contributed by atoms with Crippen LogP contribution in [-0.2, 0) is 4.74 Å². The SMILES string of the molecule is O=[N+]([O-])c1cc2[c]nc(-c3cccc(I)c3)nc2cc1OCCOCCF. The second kappa shape index (κ2) is 9.00. The van der Waals surface area contributed by atoms with Crippen molar-refractivity contribution in [1.82, 2.24) is 9.97 Å². The summed E-state index contributed by atoms with van der Waals surface area (Å²) in [4.78, 5) is 19.4. The number of benzene rings is 2. The molecule has 0 unspecified atom stereocenters. The lowest BCUT2D eigenvalue weighted by atomic mass is 10.1. The number of nitrogens with zero attached hydrogens (tertiary/aromatic N) is 3. The van der Waals surface area contributed by atoms with E-state index < -0.39 is 11.6 Å². The summed E-state index contributed by atoms with van der Waals surface area (Å²) in [5.41, 5.74) is 1.08. The highest BCUT2D eigenvalue weighted by molar-refractivity contribution is 14.1. The molecular formula is C18H14FIN3O4. The first-order chi connectivity index (χ1) is 13.1. The molecular weight excluding hydrogens is 468 g/mol. The molecule has 0 bridgehead atoms. The lowest BCUT2D eigenvalue weighted by molar-refractivity contribution is -0.385. The van der Waals surface area contributed by atoms with Crippen molar-refractivity contribution in [2.75, 3.05) is 26.5 Å². The lowest BCUT2D eigenvalue weighted by Gasteiger charge is -2.09. The molecule has 0 aliphatic heterocycles. The van der Waals surface area contributed by atoms with Crippen molar-refractivity contribution >= 4 is 39.2 Å². The first kappa shape index (κ1) is 19.4. The number of ether oxygens (including phenoxy) is 2. The van der Waals surface area contributed by atoms with Gasteiger partial charge in [-0.05, 0) is 34.7 Å². The second-order valence-electron chi connectivity index (χ2n) is 5.41. The summed E-state index contributed by atoms with van der Waals surface area (Å²) in [5, 5.41) is 11.7. The molecule has 0 amide bonds. The molecule has 2 aromatic carbocycles. The van der Waals surface area contributed by atoms with Crippen molar-refractivity contribution in [2.45, 2.75) is 0 Å². The minimum atomic E-state index is -0.593. The summed E-state index contributed by atoms with van der Waals surface area (Å²) in [6, 6.07) is 10.5. The van der Waals surface area contributed by atoms with Crippen LogP contribution in [0.25, 0.3) is 22.3 Å². The zero-order valence-electron chi connectivity index (χ0n) is 14.0. The third-order valence-electron chi connectivity index (χ3n) is 3.57. The molecule has 0 saturated heterocycles. The smallest absolute Gasteiger partial charge is 0.311 e. The summed E-state index contributed by atoms with van der Waals surface area (Å²) in [7, 11) is 0. The van der Waals surface area contributed by atoms with Gasteiger partial charge in [0.2, 0.25) is 0 Å². The number of halogens is 2. The number of nitro benzene ring substituents is 1. The molecule has 0 aliphatic carbocycles. The van der Waals surface area contributed by atoms with Crippen LogP contribution in [0.3, 0.4) is 0 Å². The molecule has 3 rings (SSSR count). The Kier molecular flexibility index (Phi) is 6.45. The van der Waals surface area contributed by atoms with Gasteiger partial charge in [0.1, 0.15) is 19.5 Å². The highest BCUT2D eigenvalue weighted by Gasteiger charge is 2.18. The second-order valence-corrected chi connectivity index (χ2v) is 6.66. The predicted octanol–water partition coefficient (Wildman–Crippen LogP) is 3.97. The van der Waals surface area contributed by atoms with Crippen molar-refractivity contribution in [3.05, 3.63) is 56.3 Å². The molecule has 1 heterocycles. The van der Waals surface area contributed by atoms with Crippen LogP contribution in [0.1, 0.15) is 0 Å². The molecule has 1 aromatic heterocycles. The molecule has 7 nitrogen and oxygen atoms in total. The van der Waals surface area contributed by atoms with Crippen molar-refractivity contribution in [3.8, 4) is 17.1 Å². The number of rotatable bonds is 8. The van der Waals surface area contributed by atoms with Gasteiger partial charge in [-0.3, -0.25) is 10.1 Å². The predicted molar refractivity (Wildman–Crippen MR) is 105 cm³/mol. The number of fused-ring (bicyclic) bond motifs is 1. The fourth-order valence-corrected chi connectivity index (χ4v) is 2.92. The Morgan fingerprint density at radius 3 is 2.81 bits per heavy atom. The zero-order valence-corrected chi connectivity index (χ0v) is 16.2. The van der Waals surface area contributed by atoms with Crippen LogP contribution in [-0.4, -0.2) is 41.4 Å². The summed E-state index contributed by atoms with van der Waals surface area (Å²) >= 11 is 2.20. The molecule has 0 aliphatic rings. The highest BCUT2D eigenvalue weighted by atomic mass is 127. The van der Waals surface area contributed by atoms with Gasteiger partial charge in [-0.1, -0.05) is 12.1 Å². The van der Waals surface area contributed by atoms with Gasteiger partial charge in [0.15, 0.2) is 11.6 Å². The van der Waals surface area contributed by atoms with E-state index in [1.165, 1.54) is 12.1 Å². The van der Waals surface area contributed by atoms with E-state index in [9.17, 15) is 14.5 Å². The Balaban J connectivity index is 1.93. The standard InChI is InChI=1S/C18H14FIN3O4/c19-4-5-26-6-7-27-17-10-15-13(9-16(17)23(24)25)11-21-18(22-15)12-2-1-3-14(20)8-12/h1-3,8-10H,4-7H2. The van der Waals surface area contributed by atoms with Gasteiger partial charge in [0.05, 0.1) is 23.7 Å². The monoisotopic (exact) mass is 482 g/mol. The van der Waals surface area contributed by atoms with Gasteiger partial charge in [0, 0.05) is 26.7 Å². The first-order valence-electron chi connectivity index (χ1n) is 7.99. The molecule has 0 N–H and O–H groups in total. The Labute approximate surface area is 167 Å². The summed E-state index contributed by atoms with van der Waals surface area (Å²) in [5.74, 6) is 0.532. The summed E-state index contributed by atoms with van der Waals surface area (Å²) in [6.45, 7) is -0.442. The number of aromatic nitrogens is 2. The lowest BCUT2D eigenvalue weighted by Crippen LogP contribution is -2.09. The topological polar surface area (TPSA) is 87.4 Å². The molecule has 139 valence electrons. The number of hydrogen-bond acceptors (Lipinski definition) is 6. The van der Waals surface area contributed by atoms with Gasteiger partial charge < -0.3 is 9.47 Å². The van der Waals surface area contributed by atoms with E-state index in [4.69, 9.17) is 9.47 Å². The van der Waals surface area contributed by atoms with Crippen LogP contribution in [0.5, 0.6) is 5.75 Å². The summed E-state index contributed by atoms with van der Waals surface area (Å²) < 4.78 is 23.5. The molecule has 0 fully saturated rings. The van der Waals surface area contributed by atoms with Crippen LogP contribution < -0.4 is 4.74 Å². The number of alkyl halides is 1. The fraction of sp³-hybridized carbons (Fsp3) is 0.222. The van der Waals surface area contributed by atoms with Crippen LogP contribution in [0.15, 0.2) is 36.4 Å². The third-order valence-corrected chi connectivity index (χ3v) is 4.24. The van der Waals surface area contributed by atoms with E-state index >= 15 is 0 Å². The maximum atomic E-state index is 12.0. The molecule has 27 heavy (non-hydrogen) atoms. The van der Waals surface area contributed by atoms with Gasteiger partial charge in [0.25, 0.3) is 0 Å². The van der Waals surface area contributed by atoms with Crippen LogP contribution in [0.2, 0.25) is 0 Å². The molecule has 9 heteroatoms. The highest BCUT2D eigenvalue weighted by Crippen LogP contribution is 2.32. The normalized spacial score (nSPS) is 10.9. The maximum absolute atomic E-state index is 12.0. The molecule has 3 aromatic rings. The van der Waals surface area contributed by atoms with E-state index in [0.29, 0.717) is 16.7 Å². The average Bonchev–Trinajstić information content (AvgIpc) is 2.66. The van der Waals surface area contributed by atoms with Gasteiger partial charge in [-0.2, -0.15) is 0 Å². The summed E-state index contributed by atoms with van der Waals surface area (Å²) in [6.07, 6.45) is 2.80. The zero-order chi connectivity index (χ0) is 19.2. The van der Waals surface area contributed by atoms with E-state index in [1.54, 1.807) is 0 Å². The van der Waals surface area contributed by atoms with E-state index in [2.05, 4.69) is 38.8 Å².